The van der Waals surface area contributed by atoms with Crippen molar-refractivity contribution in [3.05, 3.63) is 70.3 Å². The van der Waals surface area contributed by atoms with E-state index in [4.69, 9.17) is 0 Å². The number of nitrogens with one attached hydrogen (secondary N) is 2. The number of anilines is 1. The second-order valence-electron chi connectivity index (χ2n) is 6.67. The number of carbonyl (C=O) groups is 2. The van der Waals surface area contributed by atoms with Gasteiger partial charge in [0.1, 0.15) is 0 Å². The van der Waals surface area contributed by atoms with Crippen molar-refractivity contribution in [3.63, 3.8) is 0 Å². The van der Waals surface area contributed by atoms with E-state index in [0.717, 1.165) is 12.0 Å². The normalized spacial score (nSPS) is 11.4. The molecular formula is C21H26N4O4. The lowest BCUT2D eigenvalue weighted by atomic mass is 10.1. The van der Waals surface area contributed by atoms with Crippen molar-refractivity contribution in [2.24, 2.45) is 0 Å². The number of benzene rings is 2. The van der Waals surface area contributed by atoms with Crippen molar-refractivity contribution in [2.45, 2.75) is 32.7 Å². The summed E-state index contributed by atoms with van der Waals surface area (Å²) in [6.07, 6.45) is 0.931. The molecule has 29 heavy (non-hydrogen) atoms. The molecular weight excluding hydrogens is 372 g/mol. The zero-order chi connectivity index (χ0) is 21.2. The highest BCUT2D eigenvalue weighted by atomic mass is 16.6. The Hall–Kier alpha value is -3.42. The van der Waals surface area contributed by atoms with Crippen LogP contribution in [0.1, 0.15) is 38.3 Å². The molecule has 0 saturated heterocycles. The first-order valence-electron chi connectivity index (χ1n) is 9.55. The molecule has 2 aromatic carbocycles. The first-order valence-corrected chi connectivity index (χ1v) is 9.55. The summed E-state index contributed by atoms with van der Waals surface area (Å²) in [6.45, 7) is 4.64. The lowest BCUT2D eigenvalue weighted by Gasteiger charge is -2.23. The fourth-order valence-corrected chi connectivity index (χ4v) is 2.83. The molecule has 0 aliphatic rings. The fraction of sp³-hybridized carbons (Fsp3) is 0.333. The van der Waals surface area contributed by atoms with Gasteiger partial charge in [-0.2, -0.15) is 0 Å². The van der Waals surface area contributed by atoms with E-state index in [0.29, 0.717) is 12.2 Å². The number of nitrogens with zero attached hydrogens (tertiary/aromatic N) is 2. The van der Waals surface area contributed by atoms with Crippen LogP contribution in [0.15, 0.2) is 54.6 Å². The van der Waals surface area contributed by atoms with Gasteiger partial charge < -0.3 is 15.5 Å². The molecule has 8 heteroatoms. The number of nitro groups is 1. The van der Waals surface area contributed by atoms with Crippen molar-refractivity contribution < 1.29 is 14.5 Å². The van der Waals surface area contributed by atoms with Crippen LogP contribution in [0, 0.1) is 10.1 Å². The Bertz CT molecular complexity index is 824. The van der Waals surface area contributed by atoms with E-state index in [1.165, 1.54) is 24.3 Å². The predicted molar refractivity (Wildman–Crippen MR) is 112 cm³/mol. The quantitative estimate of drug-likeness (QED) is 0.490. The molecule has 8 nitrogen and oxygen atoms in total. The summed E-state index contributed by atoms with van der Waals surface area (Å²) in [7, 11) is 0. The molecule has 2 rings (SSSR count). The number of hydrogen-bond acceptors (Lipinski definition) is 4. The van der Waals surface area contributed by atoms with Gasteiger partial charge in [0.05, 0.1) is 11.0 Å². The van der Waals surface area contributed by atoms with Crippen LogP contribution in [-0.4, -0.2) is 34.9 Å². The number of amides is 3. The highest BCUT2D eigenvalue weighted by Crippen LogP contribution is 2.16. The minimum absolute atomic E-state index is 0.0439. The lowest BCUT2D eigenvalue weighted by molar-refractivity contribution is -0.384. The first-order chi connectivity index (χ1) is 13.9. The molecule has 0 bridgehead atoms. The molecule has 0 saturated carbocycles. The smallest absolute Gasteiger partial charge is 0.321 e. The third-order valence-electron chi connectivity index (χ3n) is 4.40. The Morgan fingerprint density at radius 2 is 1.72 bits per heavy atom. The zero-order valence-electron chi connectivity index (χ0n) is 16.6. The van der Waals surface area contributed by atoms with Gasteiger partial charge in [-0.1, -0.05) is 37.3 Å². The largest absolute Gasteiger partial charge is 0.350 e. The van der Waals surface area contributed by atoms with Crippen LogP contribution < -0.4 is 10.6 Å². The molecule has 2 N–H and O–H groups in total. The van der Waals surface area contributed by atoms with Crippen LogP contribution in [0.3, 0.4) is 0 Å². The summed E-state index contributed by atoms with van der Waals surface area (Å²) in [6, 6.07) is 14.8. The van der Waals surface area contributed by atoms with E-state index in [-0.39, 0.29) is 36.6 Å². The number of hydrogen-bond donors (Lipinski definition) is 2. The van der Waals surface area contributed by atoms with Gasteiger partial charge in [-0.15, -0.1) is 0 Å². The predicted octanol–water partition coefficient (Wildman–Crippen LogP) is 4.11. The standard InChI is InChI=1S/C21H26N4O4/c1-3-14-24(21(27)23-18-9-11-19(12-10-18)25(28)29)15-13-20(26)22-16(2)17-7-5-4-6-8-17/h4-12,16H,3,13-15H2,1-2H3,(H,22,26)(H,23,27). The summed E-state index contributed by atoms with van der Waals surface area (Å²) in [4.78, 5) is 36.6. The maximum atomic E-state index is 12.5. The van der Waals surface area contributed by atoms with Crippen molar-refractivity contribution >= 4 is 23.3 Å². The third kappa shape index (κ3) is 6.91. The third-order valence-corrected chi connectivity index (χ3v) is 4.40. The second kappa shape index (κ2) is 10.8. The molecule has 1 atom stereocenters. The summed E-state index contributed by atoms with van der Waals surface area (Å²) >= 11 is 0. The Kier molecular flexibility index (Phi) is 8.14. The molecule has 2 aromatic rings. The maximum absolute atomic E-state index is 12.5. The Balaban J connectivity index is 1.88. The van der Waals surface area contributed by atoms with E-state index >= 15 is 0 Å². The molecule has 0 aromatic heterocycles. The molecule has 1 unspecified atom stereocenters. The maximum Gasteiger partial charge on any atom is 0.321 e. The lowest BCUT2D eigenvalue weighted by Crippen LogP contribution is -2.38. The van der Waals surface area contributed by atoms with Gasteiger partial charge in [0.2, 0.25) is 5.91 Å². The van der Waals surface area contributed by atoms with Crippen LogP contribution in [-0.2, 0) is 4.79 Å². The summed E-state index contributed by atoms with van der Waals surface area (Å²) in [5.74, 6) is -0.134. The van der Waals surface area contributed by atoms with Crippen molar-refractivity contribution in [2.75, 3.05) is 18.4 Å². The topological polar surface area (TPSA) is 105 Å². The average molecular weight is 398 g/mol. The van der Waals surface area contributed by atoms with Crippen molar-refractivity contribution in [1.82, 2.24) is 10.2 Å². The monoisotopic (exact) mass is 398 g/mol. The van der Waals surface area contributed by atoms with Gasteiger partial charge in [-0.25, -0.2) is 4.79 Å². The van der Waals surface area contributed by atoms with Crippen LogP contribution in [0.5, 0.6) is 0 Å². The van der Waals surface area contributed by atoms with Crippen molar-refractivity contribution in [1.29, 1.82) is 0 Å². The van der Waals surface area contributed by atoms with E-state index in [1.54, 1.807) is 4.90 Å². The van der Waals surface area contributed by atoms with E-state index in [9.17, 15) is 19.7 Å². The van der Waals surface area contributed by atoms with Gasteiger partial charge in [0.15, 0.2) is 0 Å². The number of rotatable bonds is 9. The molecule has 0 aliphatic carbocycles. The number of carbonyl (C=O) groups excluding carboxylic acids is 2. The zero-order valence-corrected chi connectivity index (χ0v) is 16.6. The minimum atomic E-state index is -0.496. The van der Waals surface area contributed by atoms with E-state index in [1.807, 2.05) is 44.2 Å². The molecule has 154 valence electrons. The molecule has 0 aliphatic heterocycles. The van der Waals surface area contributed by atoms with Gasteiger partial charge >= 0.3 is 6.03 Å². The van der Waals surface area contributed by atoms with E-state index in [2.05, 4.69) is 10.6 Å². The first kappa shape index (κ1) is 21.9. The Labute approximate surface area is 170 Å². The SMILES string of the molecule is CCCN(CCC(=O)NC(C)c1ccccc1)C(=O)Nc1ccc([N+](=O)[O-])cc1. The summed E-state index contributed by atoms with van der Waals surface area (Å²) < 4.78 is 0. The highest BCUT2D eigenvalue weighted by Gasteiger charge is 2.16. The van der Waals surface area contributed by atoms with Gasteiger partial charge in [-0.3, -0.25) is 14.9 Å². The van der Waals surface area contributed by atoms with Crippen molar-refractivity contribution in [3.8, 4) is 0 Å². The van der Waals surface area contributed by atoms with Crippen LogP contribution >= 0.6 is 0 Å². The van der Waals surface area contributed by atoms with Gasteiger partial charge in [0, 0.05) is 37.3 Å². The Morgan fingerprint density at radius 3 is 2.31 bits per heavy atom. The summed E-state index contributed by atoms with van der Waals surface area (Å²) in [5.41, 5.74) is 1.43. The van der Waals surface area contributed by atoms with Crippen LogP contribution in [0.25, 0.3) is 0 Å². The highest BCUT2D eigenvalue weighted by molar-refractivity contribution is 5.89. The van der Waals surface area contributed by atoms with Gasteiger partial charge in [0.25, 0.3) is 5.69 Å². The molecule has 0 radical (unpaired) electrons. The fourth-order valence-electron chi connectivity index (χ4n) is 2.83. The van der Waals surface area contributed by atoms with Gasteiger partial charge in [-0.05, 0) is 31.0 Å². The van der Waals surface area contributed by atoms with Crippen LogP contribution in [0.2, 0.25) is 0 Å². The number of nitro benzene ring substituents is 1. The molecule has 0 fully saturated rings. The van der Waals surface area contributed by atoms with Crippen LogP contribution in [0.4, 0.5) is 16.2 Å². The molecule has 0 spiro atoms. The summed E-state index contributed by atoms with van der Waals surface area (Å²) in [5, 5.41) is 16.4. The average Bonchev–Trinajstić information content (AvgIpc) is 2.72. The van der Waals surface area contributed by atoms with E-state index < -0.39 is 4.92 Å². The Morgan fingerprint density at radius 1 is 1.07 bits per heavy atom. The number of non-ortho nitro benzene ring substituents is 1. The minimum Gasteiger partial charge on any atom is -0.350 e. The second-order valence-corrected chi connectivity index (χ2v) is 6.67. The molecule has 0 heterocycles. The molecule has 3 amide bonds. The number of urea groups is 1.